The average molecular weight is 277 g/mol. The number of likely N-dealkylation sites (N-methyl/N-ethyl adjacent to an activating group) is 1. The lowest BCUT2D eigenvalue weighted by Crippen LogP contribution is -2.42. The molecule has 1 aromatic carbocycles. The second-order valence-corrected chi connectivity index (χ2v) is 4.93. The van der Waals surface area contributed by atoms with E-state index < -0.39 is 4.92 Å². The molecular formula is C14H19N3O3. The SMILES string of the molecule is CCN(C(=O)Cc1cccc([N+](=O)[O-])c1)C1CCNC1. The van der Waals surface area contributed by atoms with Gasteiger partial charge in [-0.15, -0.1) is 0 Å². The zero-order chi connectivity index (χ0) is 14.5. The molecule has 2 rings (SSSR count). The number of amides is 1. The minimum absolute atomic E-state index is 0.0286. The van der Waals surface area contributed by atoms with Crippen LogP contribution < -0.4 is 5.32 Å². The van der Waals surface area contributed by atoms with E-state index in [2.05, 4.69) is 5.32 Å². The van der Waals surface area contributed by atoms with E-state index in [1.54, 1.807) is 12.1 Å². The van der Waals surface area contributed by atoms with Crippen LogP contribution in [0, 0.1) is 10.1 Å². The maximum atomic E-state index is 12.3. The molecule has 0 saturated carbocycles. The molecule has 0 aromatic heterocycles. The number of hydrogen-bond acceptors (Lipinski definition) is 4. The summed E-state index contributed by atoms with van der Waals surface area (Å²) < 4.78 is 0. The van der Waals surface area contributed by atoms with Gasteiger partial charge >= 0.3 is 0 Å². The highest BCUT2D eigenvalue weighted by Gasteiger charge is 2.25. The number of nitro groups is 1. The molecule has 6 nitrogen and oxygen atoms in total. The van der Waals surface area contributed by atoms with Gasteiger partial charge in [0.25, 0.3) is 5.69 Å². The van der Waals surface area contributed by atoms with Crippen LogP contribution in [-0.2, 0) is 11.2 Å². The quantitative estimate of drug-likeness (QED) is 0.651. The highest BCUT2D eigenvalue weighted by molar-refractivity contribution is 5.79. The van der Waals surface area contributed by atoms with Crippen molar-refractivity contribution in [1.29, 1.82) is 0 Å². The molecule has 6 heteroatoms. The molecule has 0 radical (unpaired) electrons. The zero-order valence-corrected chi connectivity index (χ0v) is 11.5. The van der Waals surface area contributed by atoms with Crippen LogP contribution in [0.3, 0.4) is 0 Å². The first kappa shape index (κ1) is 14.5. The monoisotopic (exact) mass is 277 g/mol. The van der Waals surface area contributed by atoms with Crippen molar-refractivity contribution >= 4 is 11.6 Å². The summed E-state index contributed by atoms with van der Waals surface area (Å²) in [4.78, 5) is 24.5. The minimum Gasteiger partial charge on any atom is -0.338 e. The Kier molecular flexibility index (Phi) is 4.68. The zero-order valence-electron chi connectivity index (χ0n) is 11.5. The molecule has 108 valence electrons. The molecule has 1 fully saturated rings. The number of carbonyl (C=O) groups is 1. The second kappa shape index (κ2) is 6.47. The number of carbonyl (C=O) groups excluding carboxylic acids is 1. The normalized spacial score (nSPS) is 17.9. The standard InChI is InChI=1S/C14H19N3O3/c1-2-16(13-6-7-15-10-13)14(18)9-11-4-3-5-12(8-11)17(19)20/h3-5,8,13,15H,2,6-7,9-10H2,1H3. The maximum absolute atomic E-state index is 12.3. The molecule has 1 N–H and O–H groups in total. The topological polar surface area (TPSA) is 75.5 Å². The van der Waals surface area contributed by atoms with Crippen molar-refractivity contribution in [3.63, 3.8) is 0 Å². The third-order valence-electron chi connectivity index (χ3n) is 3.61. The summed E-state index contributed by atoms with van der Waals surface area (Å²) >= 11 is 0. The minimum atomic E-state index is -0.438. The largest absolute Gasteiger partial charge is 0.338 e. The van der Waals surface area contributed by atoms with Crippen molar-refractivity contribution in [2.24, 2.45) is 0 Å². The number of rotatable bonds is 5. The van der Waals surface area contributed by atoms with E-state index in [4.69, 9.17) is 0 Å². The summed E-state index contributed by atoms with van der Waals surface area (Å²) in [6.45, 7) is 4.39. The van der Waals surface area contributed by atoms with Gasteiger partial charge in [0.15, 0.2) is 0 Å². The first-order valence-corrected chi connectivity index (χ1v) is 6.85. The van der Waals surface area contributed by atoms with Crippen molar-refractivity contribution < 1.29 is 9.72 Å². The lowest BCUT2D eigenvalue weighted by Gasteiger charge is -2.27. The number of nitrogens with one attached hydrogen (secondary N) is 1. The molecule has 0 aliphatic carbocycles. The predicted octanol–water partition coefficient (Wildman–Crippen LogP) is 1.35. The first-order chi connectivity index (χ1) is 9.61. The first-order valence-electron chi connectivity index (χ1n) is 6.85. The van der Waals surface area contributed by atoms with Gasteiger partial charge in [-0.2, -0.15) is 0 Å². The van der Waals surface area contributed by atoms with Crippen molar-refractivity contribution in [2.45, 2.75) is 25.8 Å². The Balaban J connectivity index is 2.05. The molecule has 1 aliphatic heterocycles. The number of hydrogen-bond donors (Lipinski definition) is 1. The number of benzene rings is 1. The summed E-state index contributed by atoms with van der Waals surface area (Å²) in [6.07, 6.45) is 1.18. The fourth-order valence-corrected chi connectivity index (χ4v) is 2.60. The maximum Gasteiger partial charge on any atom is 0.269 e. The molecule has 0 bridgehead atoms. The Bertz CT molecular complexity index is 498. The van der Waals surface area contributed by atoms with Crippen LogP contribution >= 0.6 is 0 Å². The predicted molar refractivity (Wildman–Crippen MR) is 75.5 cm³/mol. The highest BCUT2D eigenvalue weighted by Crippen LogP contribution is 2.16. The Hall–Kier alpha value is -1.95. The van der Waals surface area contributed by atoms with E-state index in [0.717, 1.165) is 19.5 Å². The van der Waals surface area contributed by atoms with Gasteiger partial charge in [0.1, 0.15) is 0 Å². The van der Waals surface area contributed by atoms with Crippen LogP contribution in [0.25, 0.3) is 0 Å². The van der Waals surface area contributed by atoms with Gasteiger partial charge in [-0.25, -0.2) is 0 Å². The number of non-ortho nitro benzene ring substituents is 1. The van der Waals surface area contributed by atoms with Crippen molar-refractivity contribution in [3.8, 4) is 0 Å². The van der Waals surface area contributed by atoms with E-state index in [-0.39, 0.29) is 24.1 Å². The Morgan fingerprint density at radius 1 is 1.55 bits per heavy atom. The van der Waals surface area contributed by atoms with Crippen LogP contribution in [0.2, 0.25) is 0 Å². The van der Waals surface area contributed by atoms with E-state index in [0.29, 0.717) is 12.1 Å². The summed E-state index contributed by atoms with van der Waals surface area (Å²) in [5.41, 5.74) is 0.717. The highest BCUT2D eigenvalue weighted by atomic mass is 16.6. The number of nitrogens with zero attached hydrogens (tertiary/aromatic N) is 2. The fourth-order valence-electron chi connectivity index (χ4n) is 2.60. The smallest absolute Gasteiger partial charge is 0.269 e. The van der Waals surface area contributed by atoms with Gasteiger partial charge in [-0.05, 0) is 25.5 Å². The van der Waals surface area contributed by atoms with Crippen LogP contribution in [0.5, 0.6) is 0 Å². The second-order valence-electron chi connectivity index (χ2n) is 4.93. The summed E-state index contributed by atoms with van der Waals surface area (Å²) in [5, 5.41) is 14.0. The summed E-state index contributed by atoms with van der Waals surface area (Å²) in [6, 6.07) is 6.52. The van der Waals surface area contributed by atoms with Gasteiger partial charge in [0.2, 0.25) is 5.91 Å². The summed E-state index contributed by atoms with van der Waals surface area (Å²) in [7, 11) is 0. The van der Waals surface area contributed by atoms with E-state index in [1.807, 2.05) is 11.8 Å². The average Bonchev–Trinajstić information content (AvgIpc) is 2.93. The molecule has 1 atom stereocenters. The van der Waals surface area contributed by atoms with Crippen LogP contribution in [0.4, 0.5) is 5.69 Å². The van der Waals surface area contributed by atoms with E-state index in [9.17, 15) is 14.9 Å². The molecule has 1 unspecified atom stereocenters. The summed E-state index contributed by atoms with van der Waals surface area (Å²) in [5.74, 6) is 0.0293. The van der Waals surface area contributed by atoms with Gasteiger partial charge in [0.05, 0.1) is 11.3 Å². The van der Waals surface area contributed by atoms with E-state index in [1.165, 1.54) is 12.1 Å². The van der Waals surface area contributed by atoms with Crippen LogP contribution in [0.1, 0.15) is 18.9 Å². The lowest BCUT2D eigenvalue weighted by molar-refractivity contribution is -0.384. The van der Waals surface area contributed by atoms with Crippen molar-refractivity contribution in [3.05, 3.63) is 39.9 Å². The molecule has 1 heterocycles. The van der Waals surface area contributed by atoms with Gasteiger partial charge in [-0.3, -0.25) is 14.9 Å². The number of nitro benzene ring substituents is 1. The molecule has 1 aromatic rings. The van der Waals surface area contributed by atoms with Crippen LogP contribution in [0.15, 0.2) is 24.3 Å². The molecule has 1 saturated heterocycles. The third-order valence-corrected chi connectivity index (χ3v) is 3.61. The van der Waals surface area contributed by atoms with Crippen molar-refractivity contribution in [2.75, 3.05) is 19.6 Å². The third kappa shape index (κ3) is 3.33. The molecule has 1 amide bonds. The Morgan fingerprint density at radius 3 is 2.95 bits per heavy atom. The Labute approximate surface area is 117 Å². The van der Waals surface area contributed by atoms with E-state index >= 15 is 0 Å². The van der Waals surface area contributed by atoms with Gasteiger partial charge in [-0.1, -0.05) is 12.1 Å². The molecule has 0 spiro atoms. The Morgan fingerprint density at radius 2 is 2.35 bits per heavy atom. The molecule has 1 aliphatic rings. The molecule has 20 heavy (non-hydrogen) atoms. The van der Waals surface area contributed by atoms with Crippen LogP contribution in [-0.4, -0.2) is 41.4 Å². The molecular weight excluding hydrogens is 258 g/mol. The fraction of sp³-hybridized carbons (Fsp3) is 0.500. The van der Waals surface area contributed by atoms with Crippen molar-refractivity contribution in [1.82, 2.24) is 10.2 Å². The van der Waals surface area contributed by atoms with Gasteiger partial charge in [0, 0.05) is 31.3 Å². The lowest BCUT2D eigenvalue weighted by atomic mass is 10.1. The van der Waals surface area contributed by atoms with Gasteiger partial charge < -0.3 is 10.2 Å².